The molecule has 0 unspecified atom stereocenters. The fourth-order valence-corrected chi connectivity index (χ4v) is 4.30. The molecule has 0 aliphatic carbocycles. The fourth-order valence-electron chi connectivity index (χ4n) is 4.30. The third-order valence-electron chi connectivity index (χ3n) is 6.11. The molecule has 3 aromatic rings. The number of rotatable bonds is 4. The van der Waals surface area contributed by atoms with Crippen molar-refractivity contribution < 1.29 is 9.59 Å². The van der Waals surface area contributed by atoms with Crippen LogP contribution in [-0.4, -0.2) is 24.9 Å². The Morgan fingerprint density at radius 1 is 0.594 bits per heavy atom. The molecule has 2 aliphatic rings. The van der Waals surface area contributed by atoms with E-state index in [0.29, 0.717) is 11.1 Å². The van der Waals surface area contributed by atoms with Crippen molar-refractivity contribution >= 4 is 23.2 Å². The van der Waals surface area contributed by atoms with Gasteiger partial charge in [0.05, 0.1) is 0 Å². The Hall–Kier alpha value is -3.48. The maximum Gasteiger partial charge on any atom is 0.255 e. The lowest BCUT2D eigenvalue weighted by molar-refractivity contribution is 0.101. The maximum absolute atomic E-state index is 12.7. The summed E-state index contributed by atoms with van der Waals surface area (Å²) in [5, 5.41) is 12.6. The zero-order valence-corrected chi connectivity index (χ0v) is 17.8. The lowest BCUT2D eigenvalue weighted by Gasteiger charge is -2.18. The Bertz CT molecular complexity index is 1080. The second kappa shape index (κ2) is 8.94. The first-order valence-corrected chi connectivity index (χ1v) is 11.0. The van der Waals surface area contributed by atoms with Gasteiger partial charge in [0.15, 0.2) is 0 Å². The number of benzene rings is 3. The summed E-state index contributed by atoms with van der Waals surface area (Å²) in [4.78, 5) is 25.3. The summed E-state index contributed by atoms with van der Waals surface area (Å²) in [5.41, 5.74) is 7.68. The Morgan fingerprint density at radius 3 is 1.47 bits per heavy atom. The molecule has 6 nitrogen and oxygen atoms in total. The van der Waals surface area contributed by atoms with Crippen LogP contribution in [0, 0.1) is 0 Å². The predicted octanol–water partition coefficient (Wildman–Crippen LogP) is 3.48. The second-order valence-corrected chi connectivity index (χ2v) is 8.31. The second-order valence-electron chi connectivity index (χ2n) is 8.31. The number of hydrogen-bond donors (Lipinski definition) is 4. The van der Waals surface area contributed by atoms with E-state index in [1.165, 1.54) is 22.3 Å². The minimum absolute atomic E-state index is 0.192. The van der Waals surface area contributed by atoms with Gasteiger partial charge in [-0.15, -0.1) is 0 Å². The van der Waals surface area contributed by atoms with Crippen LogP contribution >= 0.6 is 0 Å². The third kappa shape index (κ3) is 4.42. The molecule has 32 heavy (non-hydrogen) atoms. The highest BCUT2D eigenvalue weighted by molar-refractivity contribution is 6.07. The number of carbonyl (C=O) groups excluding carboxylic acids is 2. The van der Waals surface area contributed by atoms with Crippen molar-refractivity contribution in [2.75, 3.05) is 23.7 Å². The summed E-state index contributed by atoms with van der Waals surface area (Å²) >= 11 is 0. The summed E-state index contributed by atoms with van der Waals surface area (Å²) in [6, 6.07) is 18.8. The van der Waals surface area contributed by atoms with Gasteiger partial charge in [-0.1, -0.05) is 12.1 Å². The van der Waals surface area contributed by atoms with Crippen LogP contribution in [0.1, 0.15) is 43.0 Å². The molecule has 0 atom stereocenters. The molecule has 6 heteroatoms. The van der Waals surface area contributed by atoms with Crippen molar-refractivity contribution in [1.29, 1.82) is 0 Å². The summed E-state index contributed by atoms with van der Waals surface area (Å²) in [6.07, 6.45) is 2.02. The fraction of sp³-hybridized carbons (Fsp3) is 0.231. The zero-order chi connectivity index (χ0) is 21.9. The van der Waals surface area contributed by atoms with E-state index in [1.807, 2.05) is 24.3 Å². The van der Waals surface area contributed by atoms with Gasteiger partial charge < -0.3 is 21.3 Å². The molecule has 3 aromatic carbocycles. The van der Waals surface area contributed by atoms with Gasteiger partial charge in [0.25, 0.3) is 11.8 Å². The van der Waals surface area contributed by atoms with Crippen LogP contribution in [0.2, 0.25) is 0 Å². The average molecular weight is 427 g/mol. The van der Waals surface area contributed by atoms with E-state index >= 15 is 0 Å². The van der Waals surface area contributed by atoms with Crippen molar-refractivity contribution in [3.63, 3.8) is 0 Å². The third-order valence-corrected chi connectivity index (χ3v) is 6.11. The van der Waals surface area contributed by atoms with E-state index in [0.717, 1.165) is 50.4 Å². The minimum Gasteiger partial charge on any atom is -0.322 e. The van der Waals surface area contributed by atoms with Gasteiger partial charge in [0, 0.05) is 35.6 Å². The smallest absolute Gasteiger partial charge is 0.255 e. The molecule has 2 amide bonds. The summed E-state index contributed by atoms with van der Waals surface area (Å²) in [5.74, 6) is -0.384. The molecule has 0 spiro atoms. The van der Waals surface area contributed by atoms with Gasteiger partial charge in [0.1, 0.15) is 0 Å². The molecule has 0 fully saturated rings. The average Bonchev–Trinajstić information content (AvgIpc) is 2.84. The van der Waals surface area contributed by atoms with Gasteiger partial charge in [-0.05, 0) is 96.7 Å². The van der Waals surface area contributed by atoms with Gasteiger partial charge in [0.2, 0.25) is 0 Å². The minimum atomic E-state index is -0.192. The van der Waals surface area contributed by atoms with Crippen LogP contribution in [0.5, 0.6) is 0 Å². The molecule has 0 bridgehead atoms. The highest BCUT2D eigenvalue weighted by atomic mass is 16.2. The van der Waals surface area contributed by atoms with Crippen LogP contribution in [0.15, 0.2) is 60.7 Å². The molecule has 5 rings (SSSR count). The van der Waals surface area contributed by atoms with Crippen molar-refractivity contribution in [3.8, 4) is 0 Å². The topological polar surface area (TPSA) is 82.3 Å². The highest BCUT2D eigenvalue weighted by Gasteiger charge is 2.14. The molecule has 0 saturated carbocycles. The van der Waals surface area contributed by atoms with Gasteiger partial charge in [-0.25, -0.2) is 0 Å². The molecule has 162 valence electrons. The first-order chi connectivity index (χ1) is 15.7. The van der Waals surface area contributed by atoms with E-state index in [4.69, 9.17) is 0 Å². The summed E-state index contributed by atoms with van der Waals surface area (Å²) in [6.45, 7) is 3.62. The number of nitrogens with one attached hydrogen (secondary N) is 4. The predicted molar refractivity (Wildman–Crippen MR) is 126 cm³/mol. The van der Waals surface area contributed by atoms with Crippen molar-refractivity contribution in [2.45, 2.75) is 25.9 Å². The Kier molecular flexibility index (Phi) is 5.71. The number of hydrogen-bond acceptors (Lipinski definition) is 4. The van der Waals surface area contributed by atoms with E-state index in [1.54, 1.807) is 24.3 Å². The number of carbonyl (C=O) groups is 2. The largest absolute Gasteiger partial charge is 0.322 e. The molecule has 4 N–H and O–H groups in total. The Morgan fingerprint density at radius 2 is 1.03 bits per heavy atom. The quantitative estimate of drug-likeness (QED) is 0.515. The van der Waals surface area contributed by atoms with Gasteiger partial charge in [-0.3, -0.25) is 9.59 Å². The molecule has 0 radical (unpaired) electrons. The first kappa shape index (κ1) is 20.4. The first-order valence-electron chi connectivity index (χ1n) is 11.0. The highest BCUT2D eigenvalue weighted by Crippen LogP contribution is 2.21. The monoisotopic (exact) mass is 426 g/mol. The number of fused-ring (bicyclic) bond motifs is 2. The molecular weight excluding hydrogens is 400 g/mol. The summed E-state index contributed by atoms with van der Waals surface area (Å²) < 4.78 is 0. The van der Waals surface area contributed by atoms with E-state index in [9.17, 15) is 9.59 Å². The summed E-state index contributed by atoms with van der Waals surface area (Å²) in [7, 11) is 0. The lowest BCUT2D eigenvalue weighted by Crippen LogP contribution is -2.24. The zero-order valence-electron chi connectivity index (χ0n) is 17.8. The normalized spacial score (nSPS) is 14.8. The standard InChI is InChI=1S/C26H26N4O2/c31-25(29-23-7-5-17-9-11-27-15-21(17)13-23)19-1-2-20(4-3-19)26(32)30-24-8-6-18-10-12-28-16-22(18)14-24/h1-8,13-14,27-28H,9-12,15-16H2,(H,29,31)(H,30,32). The molecule has 2 aliphatic heterocycles. The van der Waals surface area contributed by atoms with Crippen LogP contribution < -0.4 is 21.3 Å². The molecule has 0 aromatic heterocycles. The molecular formula is C26H26N4O2. The van der Waals surface area contributed by atoms with Crippen LogP contribution in [0.4, 0.5) is 11.4 Å². The lowest BCUT2D eigenvalue weighted by atomic mass is 10.0. The van der Waals surface area contributed by atoms with Crippen LogP contribution in [0.3, 0.4) is 0 Å². The van der Waals surface area contributed by atoms with Crippen molar-refractivity contribution in [1.82, 2.24) is 10.6 Å². The van der Waals surface area contributed by atoms with Crippen LogP contribution in [-0.2, 0) is 25.9 Å². The van der Waals surface area contributed by atoms with E-state index < -0.39 is 0 Å². The molecule has 2 heterocycles. The Labute approximate surface area is 187 Å². The maximum atomic E-state index is 12.7. The molecule has 0 saturated heterocycles. The van der Waals surface area contributed by atoms with Gasteiger partial charge in [-0.2, -0.15) is 0 Å². The Balaban J connectivity index is 1.23. The van der Waals surface area contributed by atoms with E-state index in [2.05, 4.69) is 33.4 Å². The van der Waals surface area contributed by atoms with Crippen molar-refractivity contribution in [3.05, 3.63) is 94.0 Å². The van der Waals surface area contributed by atoms with Crippen LogP contribution in [0.25, 0.3) is 0 Å². The van der Waals surface area contributed by atoms with E-state index in [-0.39, 0.29) is 11.8 Å². The van der Waals surface area contributed by atoms with Gasteiger partial charge >= 0.3 is 0 Å². The number of amides is 2. The number of anilines is 2. The SMILES string of the molecule is O=C(Nc1ccc2c(c1)CNCC2)c1ccc(C(=O)Nc2ccc3c(c2)CNCC3)cc1. The van der Waals surface area contributed by atoms with Crippen molar-refractivity contribution in [2.24, 2.45) is 0 Å².